The van der Waals surface area contributed by atoms with E-state index in [1.807, 2.05) is 0 Å². The van der Waals surface area contributed by atoms with Crippen molar-refractivity contribution in [1.29, 1.82) is 0 Å². The van der Waals surface area contributed by atoms with Crippen LogP contribution in [0.25, 0.3) is 0 Å². The minimum absolute atomic E-state index is 0.0474. The normalized spacial score (nSPS) is 15.0. The highest BCUT2D eigenvalue weighted by Gasteiger charge is 2.30. The average molecular weight is 457 g/mol. The molecule has 1 aliphatic rings. The molecule has 0 atom stereocenters. The summed E-state index contributed by atoms with van der Waals surface area (Å²) in [5.41, 5.74) is 1.06. The first-order valence-electron chi connectivity index (χ1n) is 10.3. The van der Waals surface area contributed by atoms with Gasteiger partial charge in [-0.1, -0.05) is 12.1 Å². The van der Waals surface area contributed by atoms with E-state index in [1.54, 1.807) is 55.7 Å². The van der Waals surface area contributed by atoms with Crippen molar-refractivity contribution in [1.82, 2.24) is 19.6 Å². The van der Waals surface area contributed by atoms with Gasteiger partial charge in [0.1, 0.15) is 16.5 Å². The number of nitrogens with one attached hydrogen (secondary N) is 3. The van der Waals surface area contributed by atoms with Crippen LogP contribution in [0.5, 0.6) is 0 Å². The molecule has 4 rings (SSSR count). The minimum atomic E-state index is -3.72. The van der Waals surface area contributed by atoms with Crippen molar-refractivity contribution >= 4 is 33.2 Å². The standard InChI is InChI=1S/C22H25FN6O2S/c1-29(18-10-13-24-14-11-18)32(30,31)20-5-3-2-4-19(20)27-22-25-15-12-21(28-22)26-17-8-6-16(23)7-9-17/h2-9,12,15,18,24H,10-11,13-14H2,1H3,(H2,25,26,27,28). The maximum atomic E-state index is 13.4. The summed E-state index contributed by atoms with van der Waals surface area (Å²) in [6.07, 6.45) is 3.09. The number of benzene rings is 2. The van der Waals surface area contributed by atoms with Gasteiger partial charge in [0.25, 0.3) is 0 Å². The van der Waals surface area contributed by atoms with Crippen LogP contribution in [0, 0.1) is 5.82 Å². The summed E-state index contributed by atoms with van der Waals surface area (Å²) >= 11 is 0. The van der Waals surface area contributed by atoms with Crippen molar-refractivity contribution in [3.05, 3.63) is 66.6 Å². The molecule has 0 aliphatic carbocycles. The van der Waals surface area contributed by atoms with E-state index < -0.39 is 10.0 Å². The molecule has 0 bridgehead atoms. The molecule has 32 heavy (non-hydrogen) atoms. The van der Waals surface area contributed by atoms with E-state index in [-0.39, 0.29) is 22.7 Å². The van der Waals surface area contributed by atoms with E-state index in [1.165, 1.54) is 16.4 Å². The highest BCUT2D eigenvalue weighted by molar-refractivity contribution is 7.89. The van der Waals surface area contributed by atoms with E-state index in [4.69, 9.17) is 0 Å². The zero-order chi connectivity index (χ0) is 22.6. The predicted molar refractivity (Wildman–Crippen MR) is 122 cm³/mol. The van der Waals surface area contributed by atoms with Gasteiger partial charge in [-0.15, -0.1) is 0 Å². The lowest BCUT2D eigenvalue weighted by Gasteiger charge is -2.31. The molecule has 1 fully saturated rings. The number of hydrogen-bond acceptors (Lipinski definition) is 7. The summed E-state index contributed by atoms with van der Waals surface area (Å²) in [5.74, 6) is 0.401. The fraction of sp³-hybridized carbons (Fsp3) is 0.273. The molecule has 0 unspecified atom stereocenters. The Bertz CT molecular complexity index is 1170. The lowest BCUT2D eigenvalue weighted by atomic mass is 10.1. The van der Waals surface area contributed by atoms with Crippen LogP contribution in [0.4, 0.5) is 27.5 Å². The zero-order valence-electron chi connectivity index (χ0n) is 17.6. The van der Waals surface area contributed by atoms with Gasteiger partial charge in [-0.05, 0) is 68.4 Å². The van der Waals surface area contributed by atoms with E-state index in [0.29, 0.717) is 17.2 Å². The largest absolute Gasteiger partial charge is 0.340 e. The molecule has 0 spiro atoms. The lowest BCUT2D eigenvalue weighted by Crippen LogP contribution is -2.43. The van der Waals surface area contributed by atoms with Crippen LogP contribution in [0.2, 0.25) is 0 Å². The number of halogens is 1. The summed E-state index contributed by atoms with van der Waals surface area (Å²) < 4.78 is 41.3. The Hall–Kier alpha value is -3.08. The van der Waals surface area contributed by atoms with Crippen molar-refractivity contribution in [3.8, 4) is 0 Å². The first-order valence-corrected chi connectivity index (χ1v) is 11.8. The van der Waals surface area contributed by atoms with E-state index in [0.717, 1.165) is 25.9 Å². The molecule has 2 heterocycles. The van der Waals surface area contributed by atoms with Crippen LogP contribution >= 0.6 is 0 Å². The van der Waals surface area contributed by atoms with Crippen molar-refractivity contribution in [3.63, 3.8) is 0 Å². The molecule has 0 saturated carbocycles. The van der Waals surface area contributed by atoms with Crippen LogP contribution in [0.15, 0.2) is 65.7 Å². The molecule has 168 valence electrons. The first kappa shape index (κ1) is 22.1. The second kappa shape index (κ2) is 9.60. The van der Waals surface area contributed by atoms with Gasteiger partial charge < -0.3 is 16.0 Å². The molecular weight excluding hydrogens is 431 g/mol. The third-order valence-corrected chi connectivity index (χ3v) is 7.35. The molecule has 1 aliphatic heterocycles. The molecule has 0 amide bonds. The van der Waals surface area contributed by atoms with Gasteiger partial charge in [0.15, 0.2) is 0 Å². The number of nitrogens with zero attached hydrogens (tertiary/aromatic N) is 3. The average Bonchev–Trinajstić information content (AvgIpc) is 2.81. The molecule has 8 nitrogen and oxygen atoms in total. The van der Waals surface area contributed by atoms with Gasteiger partial charge in [-0.3, -0.25) is 0 Å². The van der Waals surface area contributed by atoms with E-state index >= 15 is 0 Å². The fourth-order valence-corrected chi connectivity index (χ4v) is 5.17. The highest BCUT2D eigenvalue weighted by atomic mass is 32.2. The third kappa shape index (κ3) is 5.04. The first-order chi connectivity index (χ1) is 15.4. The molecule has 1 saturated heterocycles. The van der Waals surface area contributed by atoms with E-state index in [9.17, 15) is 12.8 Å². The van der Waals surface area contributed by atoms with Crippen molar-refractivity contribution in [2.24, 2.45) is 0 Å². The van der Waals surface area contributed by atoms with Crippen LogP contribution in [0.3, 0.4) is 0 Å². The fourth-order valence-electron chi connectivity index (χ4n) is 3.61. The molecule has 10 heteroatoms. The van der Waals surface area contributed by atoms with Gasteiger partial charge in [0.2, 0.25) is 16.0 Å². The van der Waals surface area contributed by atoms with Crippen LogP contribution in [-0.4, -0.2) is 48.9 Å². The Kier molecular flexibility index (Phi) is 6.63. The molecule has 1 aromatic heterocycles. The Morgan fingerprint density at radius 2 is 1.75 bits per heavy atom. The molecule has 3 N–H and O–H groups in total. The van der Waals surface area contributed by atoms with Gasteiger partial charge in [-0.2, -0.15) is 9.29 Å². The predicted octanol–water partition coefficient (Wildman–Crippen LogP) is 3.48. The SMILES string of the molecule is CN(C1CCNCC1)S(=O)(=O)c1ccccc1Nc1nccc(Nc2ccc(F)cc2)n1. The number of sulfonamides is 1. The summed E-state index contributed by atoms with van der Waals surface area (Å²) in [7, 11) is -2.08. The van der Waals surface area contributed by atoms with Gasteiger partial charge in [0.05, 0.1) is 5.69 Å². The number of piperidine rings is 1. The Labute approximate surface area is 187 Å². The molecule has 0 radical (unpaired) electrons. The number of aromatic nitrogens is 2. The summed E-state index contributed by atoms with van der Waals surface area (Å²) in [4.78, 5) is 8.78. The number of rotatable bonds is 7. The Morgan fingerprint density at radius 3 is 2.50 bits per heavy atom. The Morgan fingerprint density at radius 1 is 1.03 bits per heavy atom. The van der Waals surface area contributed by atoms with Crippen LogP contribution in [-0.2, 0) is 10.0 Å². The lowest BCUT2D eigenvalue weighted by molar-refractivity contribution is 0.296. The topological polar surface area (TPSA) is 99.3 Å². The van der Waals surface area contributed by atoms with Crippen LogP contribution < -0.4 is 16.0 Å². The quantitative estimate of drug-likeness (QED) is 0.501. The third-order valence-electron chi connectivity index (χ3n) is 5.39. The number of hydrogen-bond donors (Lipinski definition) is 3. The zero-order valence-corrected chi connectivity index (χ0v) is 18.4. The number of para-hydroxylation sites is 1. The van der Waals surface area contributed by atoms with Crippen LogP contribution in [0.1, 0.15) is 12.8 Å². The highest BCUT2D eigenvalue weighted by Crippen LogP contribution is 2.28. The Balaban J connectivity index is 1.56. The minimum Gasteiger partial charge on any atom is -0.340 e. The summed E-state index contributed by atoms with van der Waals surface area (Å²) in [6.45, 7) is 1.60. The molecular formula is C22H25FN6O2S. The number of anilines is 4. The van der Waals surface area contributed by atoms with Crippen molar-refractivity contribution in [2.75, 3.05) is 30.8 Å². The van der Waals surface area contributed by atoms with Gasteiger partial charge >= 0.3 is 0 Å². The van der Waals surface area contributed by atoms with Crippen molar-refractivity contribution in [2.45, 2.75) is 23.8 Å². The van der Waals surface area contributed by atoms with Crippen molar-refractivity contribution < 1.29 is 12.8 Å². The smallest absolute Gasteiger partial charge is 0.245 e. The summed E-state index contributed by atoms with van der Waals surface area (Å²) in [6, 6.07) is 14.2. The monoisotopic (exact) mass is 456 g/mol. The van der Waals surface area contributed by atoms with Gasteiger partial charge in [-0.25, -0.2) is 17.8 Å². The maximum absolute atomic E-state index is 13.4. The van der Waals surface area contributed by atoms with Gasteiger partial charge in [0, 0.05) is 25.0 Å². The van der Waals surface area contributed by atoms with E-state index in [2.05, 4.69) is 25.9 Å². The molecule has 2 aromatic carbocycles. The summed E-state index contributed by atoms with van der Waals surface area (Å²) in [5, 5.41) is 9.36. The second-order valence-electron chi connectivity index (χ2n) is 7.52. The molecule has 3 aromatic rings. The maximum Gasteiger partial charge on any atom is 0.245 e. The second-order valence-corrected chi connectivity index (χ2v) is 9.49.